The molecule has 0 spiro atoms. The SMILES string of the molecule is C[C@@H]1CCCN(S(=O)(=O)c2ccc(Cl)c(Cl)c2)C1. The van der Waals surface area contributed by atoms with Crippen LogP contribution < -0.4 is 0 Å². The molecule has 1 aliphatic rings. The molecule has 1 heterocycles. The highest BCUT2D eigenvalue weighted by Gasteiger charge is 2.28. The molecule has 0 unspecified atom stereocenters. The van der Waals surface area contributed by atoms with Crippen LogP contribution in [-0.4, -0.2) is 25.8 Å². The van der Waals surface area contributed by atoms with Crippen molar-refractivity contribution in [3.05, 3.63) is 28.2 Å². The summed E-state index contributed by atoms with van der Waals surface area (Å²) in [7, 11) is -3.44. The Balaban J connectivity index is 2.32. The van der Waals surface area contributed by atoms with E-state index in [9.17, 15) is 8.42 Å². The lowest BCUT2D eigenvalue weighted by Gasteiger charge is -2.30. The molecular weight excluding hydrogens is 293 g/mol. The fourth-order valence-corrected chi connectivity index (χ4v) is 4.14. The molecule has 1 aromatic carbocycles. The first-order valence-electron chi connectivity index (χ1n) is 5.86. The van der Waals surface area contributed by atoms with Gasteiger partial charge in [-0.25, -0.2) is 8.42 Å². The number of benzene rings is 1. The summed E-state index contributed by atoms with van der Waals surface area (Å²) >= 11 is 11.7. The first-order valence-corrected chi connectivity index (χ1v) is 8.06. The lowest BCUT2D eigenvalue weighted by molar-refractivity contribution is 0.281. The molecule has 0 saturated carbocycles. The van der Waals surface area contributed by atoms with Crippen molar-refractivity contribution >= 4 is 33.2 Å². The molecule has 0 bridgehead atoms. The van der Waals surface area contributed by atoms with Gasteiger partial charge in [0.15, 0.2) is 0 Å². The third-order valence-corrected chi connectivity index (χ3v) is 5.75. The van der Waals surface area contributed by atoms with Crippen molar-refractivity contribution in [1.29, 1.82) is 0 Å². The van der Waals surface area contributed by atoms with Gasteiger partial charge in [-0.3, -0.25) is 0 Å². The Morgan fingerprint density at radius 3 is 2.61 bits per heavy atom. The zero-order valence-corrected chi connectivity index (χ0v) is 12.4. The zero-order chi connectivity index (χ0) is 13.3. The van der Waals surface area contributed by atoms with E-state index in [4.69, 9.17) is 23.2 Å². The summed E-state index contributed by atoms with van der Waals surface area (Å²) in [5, 5.41) is 0.630. The highest BCUT2D eigenvalue weighted by molar-refractivity contribution is 7.89. The Morgan fingerprint density at radius 2 is 2.00 bits per heavy atom. The van der Waals surface area contributed by atoms with Crippen molar-refractivity contribution in [2.75, 3.05) is 13.1 Å². The van der Waals surface area contributed by atoms with Crippen molar-refractivity contribution < 1.29 is 8.42 Å². The zero-order valence-electron chi connectivity index (χ0n) is 10.1. The fraction of sp³-hybridized carbons (Fsp3) is 0.500. The van der Waals surface area contributed by atoms with Gasteiger partial charge >= 0.3 is 0 Å². The van der Waals surface area contributed by atoms with Crippen LogP contribution in [-0.2, 0) is 10.0 Å². The number of nitrogens with zero attached hydrogens (tertiary/aromatic N) is 1. The monoisotopic (exact) mass is 307 g/mol. The third kappa shape index (κ3) is 2.82. The van der Waals surface area contributed by atoms with Crippen LogP contribution in [0.5, 0.6) is 0 Å². The van der Waals surface area contributed by atoms with Crippen LogP contribution in [0.15, 0.2) is 23.1 Å². The molecule has 0 N–H and O–H groups in total. The average Bonchev–Trinajstić information content (AvgIpc) is 2.32. The molecule has 1 atom stereocenters. The summed E-state index contributed by atoms with van der Waals surface area (Å²) in [6.45, 7) is 3.21. The van der Waals surface area contributed by atoms with Gasteiger partial charge in [0.2, 0.25) is 10.0 Å². The maximum atomic E-state index is 12.4. The highest BCUT2D eigenvalue weighted by Crippen LogP contribution is 2.28. The van der Waals surface area contributed by atoms with E-state index < -0.39 is 10.0 Å². The summed E-state index contributed by atoms with van der Waals surface area (Å²) < 4.78 is 26.4. The molecule has 2 rings (SSSR count). The third-order valence-electron chi connectivity index (χ3n) is 3.15. The summed E-state index contributed by atoms with van der Waals surface area (Å²) in [4.78, 5) is 0.214. The van der Waals surface area contributed by atoms with Crippen LogP contribution in [0.4, 0.5) is 0 Å². The second-order valence-electron chi connectivity index (χ2n) is 4.69. The number of piperidine rings is 1. The first-order chi connectivity index (χ1) is 8.41. The number of sulfonamides is 1. The molecule has 0 aliphatic carbocycles. The quantitative estimate of drug-likeness (QED) is 0.839. The molecule has 18 heavy (non-hydrogen) atoms. The predicted molar refractivity (Wildman–Crippen MR) is 73.6 cm³/mol. The summed E-state index contributed by atoms with van der Waals surface area (Å²) in [5.74, 6) is 0.399. The van der Waals surface area contributed by atoms with Gasteiger partial charge in [0, 0.05) is 13.1 Å². The number of hydrogen-bond donors (Lipinski definition) is 0. The molecule has 1 fully saturated rings. The van der Waals surface area contributed by atoms with Crippen LogP contribution >= 0.6 is 23.2 Å². The van der Waals surface area contributed by atoms with Crippen molar-refractivity contribution in [1.82, 2.24) is 4.31 Å². The van der Waals surface area contributed by atoms with Crippen LogP contribution in [0.25, 0.3) is 0 Å². The topological polar surface area (TPSA) is 37.4 Å². The van der Waals surface area contributed by atoms with Crippen LogP contribution in [0, 0.1) is 5.92 Å². The second-order valence-corrected chi connectivity index (χ2v) is 7.44. The molecule has 1 aromatic rings. The highest BCUT2D eigenvalue weighted by atomic mass is 35.5. The van der Waals surface area contributed by atoms with Gasteiger partial charge in [-0.15, -0.1) is 0 Å². The average molecular weight is 308 g/mol. The Morgan fingerprint density at radius 1 is 1.28 bits per heavy atom. The lowest BCUT2D eigenvalue weighted by atomic mass is 10.0. The molecule has 0 radical (unpaired) electrons. The minimum absolute atomic E-state index is 0.214. The van der Waals surface area contributed by atoms with Gasteiger partial charge in [-0.1, -0.05) is 30.1 Å². The maximum absolute atomic E-state index is 12.4. The van der Waals surface area contributed by atoms with Gasteiger partial charge in [0.05, 0.1) is 14.9 Å². The number of rotatable bonds is 2. The van der Waals surface area contributed by atoms with E-state index in [0.29, 0.717) is 24.0 Å². The standard InChI is InChI=1S/C12H15Cl2NO2S/c1-9-3-2-6-15(8-9)18(16,17)10-4-5-11(13)12(14)7-10/h4-5,7,9H,2-3,6,8H2,1H3/t9-/m1/s1. The fourth-order valence-electron chi connectivity index (χ4n) is 2.15. The Bertz CT molecular complexity index is 545. The van der Waals surface area contributed by atoms with E-state index in [0.717, 1.165) is 12.8 Å². The molecule has 0 aromatic heterocycles. The van der Waals surface area contributed by atoms with Gasteiger partial charge < -0.3 is 0 Å². The predicted octanol–water partition coefficient (Wildman–Crippen LogP) is 3.41. The Hall–Kier alpha value is -0.290. The van der Waals surface area contributed by atoms with Crippen LogP contribution in [0.2, 0.25) is 10.0 Å². The van der Waals surface area contributed by atoms with Crippen molar-refractivity contribution in [3.8, 4) is 0 Å². The van der Waals surface area contributed by atoms with E-state index in [-0.39, 0.29) is 9.92 Å². The first kappa shape index (κ1) is 14.1. The van der Waals surface area contributed by atoms with Crippen molar-refractivity contribution in [2.24, 2.45) is 5.92 Å². The largest absolute Gasteiger partial charge is 0.243 e. The summed E-state index contributed by atoms with van der Waals surface area (Å²) in [5.41, 5.74) is 0. The minimum Gasteiger partial charge on any atom is -0.207 e. The molecule has 1 saturated heterocycles. The normalized spacial score (nSPS) is 22.1. The summed E-state index contributed by atoms with van der Waals surface area (Å²) in [6, 6.07) is 4.44. The molecular formula is C12H15Cl2NO2S. The summed E-state index contributed by atoms with van der Waals surface area (Å²) in [6.07, 6.45) is 1.98. The molecule has 100 valence electrons. The molecule has 6 heteroatoms. The second kappa shape index (κ2) is 5.37. The van der Waals surface area contributed by atoms with Crippen molar-refractivity contribution in [3.63, 3.8) is 0 Å². The Kier molecular flexibility index (Phi) is 4.22. The Labute approximate surface area is 118 Å². The van der Waals surface area contributed by atoms with E-state index in [1.165, 1.54) is 22.5 Å². The van der Waals surface area contributed by atoms with E-state index in [2.05, 4.69) is 6.92 Å². The van der Waals surface area contributed by atoms with Gasteiger partial charge in [-0.05, 0) is 37.0 Å². The van der Waals surface area contributed by atoms with E-state index in [1.807, 2.05) is 0 Å². The van der Waals surface area contributed by atoms with Crippen LogP contribution in [0.3, 0.4) is 0 Å². The van der Waals surface area contributed by atoms with Gasteiger partial charge in [-0.2, -0.15) is 4.31 Å². The van der Waals surface area contributed by atoms with E-state index in [1.54, 1.807) is 0 Å². The maximum Gasteiger partial charge on any atom is 0.243 e. The van der Waals surface area contributed by atoms with E-state index >= 15 is 0 Å². The number of halogens is 2. The van der Waals surface area contributed by atoms with Crippen molar-refractivity contribution in [2.45, 2.75) is 24.7 Å². The molecule has 0 amide bonds. The molecule has 3 nitrogen and oxygen atoms in total. The van der Waals surface area contributed by atoms with Crippen LogP contribution in [0.1, 0.15) is 19.8 Å². The minimum atomic E-state index is -3.44. The molecule has 1 aliphatic heterocycles. The number of hydrogen-bond acceptors (Lipinski definition) is 2. The smallest absolute Gasteiger partial charge is 0.207 e. The van der Waals surface area contributed by atoms with Gasteiger partial charge in [0.25, 0.3) is 0 Å². The van der Waals surface area contributed by atoms with Gasteiger partial charge in [0.1, 0.15) is 0 Å². The lowest BCUT2D eigenvalue weighted by Crippen LogP contribution is -2.39.